The van der Waals surface area contributed by atoms with E-state index in [-0.39, 0.29) is 23.7 Å². The molecule has 9 heteroatoms. The Bertz CT molecular complexity index is 514. The highest BCUT2D eigenvalue weighted by Crippen LogP contribution is 2.20. The van der Waals surface area contributed by atoms with Gasteiger partial charge >= 0.3 is 12.0 Å². The molecule has 21 heavy (non-hydrogen) atoms. The normalized spacial score (nSPS) is 10.5. The van der Waals surface area contributed by atoms with Gasteiger partial charge in [-0.3, -0.25) is 0 Å². The number of hydrogen-bond acceptors (Lipinski definition) is 3. The van der Waals surface area contributed by atoms with Crippen LogP contribution >= 0.6 is 11.6 Å². The molecular weight excluding hydrogens is 310 g/mol. The van der Waals surface area contributed by atoms with Gasteiger partial charge in [0.25, 0.3) is 6.43 Å². The zero-order valence-electron chi connectivity index (χ0n) is 10.7. The Kier molecular flexibility index (Phi) is 6.83. The molecule has 1 aromatic rings. The fourth-order valence-corrected chi connectivity index (χ4v) is 1.61. The van der Waals surface area contributed by atoms with Gasteiger partial charge in [0.1, 0.15) is 6.61 Å². The third kappa shape index (κ3) is 6.37. The topological polar surface area (TPSA) is 87.7 Å². The molecule has 0 fully saturated rings. The van der Waals surface area contributed by atoms with Crippen molar-refractivity contribution < 1.29 is 28.2 Å². The second-order valence-electron chi connectivity index (χ2n) is 3.85. The molecule has 116 valence electrons. The molecule has 2 amide bonds. The van der Waals surface area contributed by atoms with Crippen LogP contribution in [0.25, 0.3) is 0 Å². The van der Waals surface area contributed by atoms with Crippen LogP contribution in [0.3, 0.4) is 0 Å². The predicted molar refractivity (Wildman–Crippen MR) is 72.3 cm³/mol. The summed E-state index contributed by atoms with van der Waals surface area (Å²) in [7, 11) is 0. The lowest BCUT2D eigenvalue weighted by molar-refractivity contribution is 0.0194. The van der Waals surface area contributed by atoms with Gasteiger partial charge in [0.05, 0.1) is 17.2 Å². The Labute approximate surface area is 124 Å². The van der Waals surface area contributed by atoms with Gasteiger partial charge in [-0.1, -0.05) is 11.6 Å². The van der Waals surface area contributed by atoms with Crippen LogP contribution in [0, 0.1) is 0 Å². The number of amides is 2. The second kappa shape index (κ2) is 8.38. The second-order valence-corrected chi connectivity index (χ2v) is 4.25. The Balaban J connectivity index is 2.38. The summed E-state index contributed by atoms with van der Waals surface area (Å²) in [4.78, 5) is 22.2. The van der Waals surface area contributed by atoms with Crippen LogP contribution in [0.2, 0.25) is 5.02 Å². The maximum atomic E-state index is 11.8. The number of alkyl halides is 2. The summed E-state index contributed by atoms with van der Waals surface area (Å²) in [6.07, 6.45) is -2.55. The van der Waals surface area contributed by atoms with E-state index in [1.54, 1.807) is 0 Å². The number of aromatic carboxylic acids is 1. The van der Waals surface area contributed by atoms with E-state index in [2.05, 4.69) is 15.4 Å². The van der Waals surface area contributed by atoms with Crippen molar-refractivity contribution >= 4 is 29.3 Å². The van der Waals surface area contributed by atoms with Gasteiger partial charge in [-0.2, -0.15) is 0 Å². The van der Waals surface area contributed by atoms with E-state index < -0.39 is 25.0 Å². The average Bonchev–Trinajstić information content (AvgIpc) is 2.37. The number of carbonyl (C=O) groups excluding carboxylic acids is 1. The third-order valence-electron chi connectivity index (χ3n) is 2.23. The van der Waals surface area contributed by atoms with Gasteiger partial charge in [-0.25, -0.2) is 18.4 Å². The monoisotopic (exact) mass is 322 g/mol. The lowest BCUT2D eigenvalue weighted by Crippen LogP contribution is -2.31. The highest BCUT2D eigenvalue weighted by atomic mass is 35.5. The van der Waals surface area contributed by atoms with Crippen molar-refractivity contribution in [1.82, 2.24) is 5.32 Å². The Hall–Kier alpha value is -1.93. The first kappa shape index (κ1) is 17.1. The van der Waals surface area contributed by atoms with E-state index in [0.717, 1.165) is 0 Å². The molecule has 0 aliphatic heterocycles. The first-order valence-electron chi connectivity index (χ1n) is 5.83. The van der Waals surface area contributed by atoms with Crippen LogP contribution in [0.4, 0.5) is 19.3 Å². The largest absolute Gasteiger partial charge is 0.478 e. The average molecular weight is 323 g/mol. The van der Waals surface area contributed by atoms with Crippen molar-refractivity contribution in [3.63, 3.8) is 0 Å². The highest BCUT2D eigenvalue weighted by molar-refractivity contribution is 6.33. The Morgan fingerprint density at radius 3 is 2.67 bits per heavy atom. The first-order valence-corrected chi connectivity index (χ1v) is 6.21. The summed E-state index contributed by atoms with van der Waals surface area (Å²) in [5, 5.41) is 13.6. The molecule has 0 saturated heterocycles. The van der Waals surface area contributed by atoms with E-state index in [9.17, 15) is 18.4 Å². The van der Waals surface area contributed by atoms with Crippen LogP contribution in [0.5, 0.6) is 0 Å². The highest BCUT2D eigenvalue weighted by Gasteiger charge is 2.10. The fraction of sp³-hybridized carbons (Fsp3) is 0.333. The number of carboxylic acid groups (broad SMARTS) is 1. The zero-order valence-corrected chi connectivity index (χ0v) is 11.5. The van der Waals surface area contributed by atoms with Crippen molar-refractivity contribution in [2.45, 2.75) is 6.43 Å². The number of carboxylic acids is 1. The number of nitrogens with one attached hydrogen (secondary N) is 2. The van der Waals surface area contributed by atoms with Crippen LogP contribution in [-0.4, -0.2) is 43.3 Å². The van der Waals surface area contributed by atoms with Gasteiger partial charge in [0, 0.05) is 12.2 Å². The van der Waals surface area contributed by atoms with E-state index >= 15 is 0 Å². The summed E-state index contributed by atoms with van der Waals surface area (Å²) >= 11 is 5.74. The molecule has 6 nitrogen and oxygen atoms in total. The van der Waals surface area contributed by atoms with E-state index in [1.165, 1.54) is 18.2 Å². The molecule has 0 unspecified atom stereocenters. The summed E-state index contributed by atoms with van der Waals surface area (Å²) in [5.74, 6) is -1.17. The molecule has 1 aromatic carbocycles. The molecule has 3 N–H and O–H groups in total. The van der Waals surface area contributed by atoms with Crippen LogP contribution in [0.15, 0.2) is 18.2 Å². The minimum Gasteiger partial charge on any atom is -0.478 e. The van der Waals surface area contributed by atoms with Gasteiger partial charge in [0.15, 0.2) is 0 Å². The number of anilines is 1. The molecule has 0 spiro atoms. The molecule has 1 rings (SSSR count). The minimum absolute atomic E-state index is 0.0134. The van der Waals surface area contributed by atoms with E-state index in [1.807, 2.05) is 0 Å². The van der Waals surface area contributed by atoms with Crippen LogP contribution in [-0.2, 0) is 4.74 Å². The van der Waals surface area contributed by atoms with Crippen LogP contribution < -0.4 is 10.6 Å². The molecular formula is C12H13ClF2N2O4. The van der Waals surface area contributed by atoms with Crippen molar-refractivity contribution in [2.75, 3.05) is 25.1 Å². The smallest absolute Gasteiger partial charge is 0.337 e. The third-order valence-corrected chi connectivity index (χ3v) is 2.55. The molecule has 0 aliphatic rings. The number of benzene rings is 1. The number of halogens is 3. The fourth-order valence-electron chi connectivity index (χ4n) is 1.35. The van der Waals surface area contributed by atoms with Crippen molar-refractivity contribution in [1.29, 1.82) is 0 Å². The Morgan fingerprint density at radius 1 is 1.38 bits per heavy atom. The SMILES string of the molecule is O=C(NCCOCC(F)F)Nc1ccc(C(=O)O)c(Cl)c1. The van der Waals surface area contributed by atoms with E-state index in [0.29, 0.717) is 5.69 Å². The number of hydrogen-bond donors (Lipinski definition) is 3. The maximum absolute atomic E-state index is 11.8. The number of carbonyl (C=O) groups is 2. The molecule has 0 saturated carbocycles. The standard InChI is InChI=1S/C12H13ClF2N2O4/c13-9-5-7(1-2-8(9)11(18)19)17-12(20)16-3-4-21-6-10(14)15/h1-2,5,10H,3-4,6H2,(H,18,19)(H2,16,17,20). The van der Waals surface area contributed by atoms with E-state index in [4.69, 9.17) is 16.7 Å². The first-order chi connectivity index (χ1) is 9.90. The molecule has 0 bridgehead atoms. The molecule has 0 radical (unpaired) electrons. The van der Waals surface area contributed by atoms with Gasteiger partial charge in [0.2, 0.25) is 0 Å². The Morgan fingerprint density at radius 2 is 2.10 bits per heavy atom. The lowest BCUT2D eigenvalue weighted by Gasteiger charge is -2.09. The van der Waals surface area contributed by atoms with Crippen LogP contribution in [0.1, 0.15) is 10.4 Å². The summed E-state index contributed by atoms with van der Waals surface area (Å²) < 4.78 is 28.1. The minimum atomic E-state index is -2.55. The summed E-state index contributed by atoms with van der Waals surface area (Å²) in [6, 6.07) is 3.33. The number of urea groups is 1. The summed E-state index contributed by atoms with van der Waals surface area (Å²) in [5.41, 5.74) is 0.221. The number of ether oxygens (including phenoxy) is 1. The molecule has 0 heterocycles. The van der Waals surface area contributed by atoms with Crippen molar-refractivity contribution in [2.24, 2.45) is 0 Å². The maximum Gasteiger partial charge on any atom is 0.337 e. The van der Waals surface area contributed by atoms with Gasteiger partial charge in [-0.15, -0.1) is 0 Å². The molecule has 0 aromatic heterocycles. The van der Waals surface area contributed by atoms with Gasteiger partial charge in [-0.05, 0) is 18.2 Å². The predicted octanol–water partition coefficient (Wildman–Crippen LogP) is 2.44. The lowest BCUT2D eigenvalue weighted by atomic mass is 10.2. The number of rotatable bonds is 7. The van der Waals surface area contributed by atoms with Crippen molar-refractivity contribution in [3.05, 3.63) is 28.8 Å². The van der Waals surface area contributed by atoms with Crippen molar-refractivity contribution in [3.8, 4) is 0 Å². The van der Waals surface area contributed by atoms with Gasteiger partial charge < -0.3 is 20.5 Å². The zero-order chi connectivity index (χ0) is 15.8. The molecule has 0 atom stereocenters. The molecule has 0 aliphatic carbocycles. The summed E-state index contributed by atoms with van der Waals surface area (Å²) in [6.45, 7) is -0.675. The quantitative estimate of drug-likeness (QED) is 0.673.